The molecule has 2 aromatic rings. The molecule has 0 spiro atoms. The van der Waals surface area contributed by atoms with Crippen molar-refractivity contribution in [3.8, 4) is 5.75 Å². The van der Waals surface area contributed by atoms with Crippen molar-refractivity contribution in [1.29, 1.82) is 0 Å². The van der Waals surface area contributed by atoms with Gasteiger partial charge in [0.2, 0.25) is 0 Å². The van der Waals surface area contributed by atoms with E-state index in [1.54, 1.807) is 0 Å². The van der Waals surface area contributed by atoms with Gasteiger partial charge in [-0.1, -0.05) is 43.9 Å². The van der Waals surface area contributed by atoms with E-state index in [1.165, 1.54) is 49.5 Å². The second-order valence-corrected chi connectivity index (χ2v) is 6.29. The summed E-state index contributed by atoms with van der Waals surface area (Å²) in [5.41, 5.74) is 2.30. The summed E-state index contributed by atoms with van der Waals surface area (Å²) >= 11 is 0. The van der Waals surface area contributed by atoms with Crippen molar-refractivity contribution in [2.75, 3.05) is 6.73 Å². The molecule has 1 aliphatic heterocycles. The molecule has 1 aromatic carbocycles. The smallest absolute Gasteiger partial charge is 0.152 e. The predicted octanol–water partition coefficient (Wildman–Crippen LogP) is 4.11. The number of rotatable bonds is 1. The summed E-state index contributed by atoms with van der Waals surface area (Å²) < 4.78 is 6.11. The minimum Gasteiger partial charge on any atom is -0.475 e. The second-order valence-electron chi connectivity index (χ2n) is 6.29. The Morgan fingerprint density at radius 2 is 1.90 bits per heavy atom. The quantitative estimate of drug-likeness (QED) is 0.736. The highest BCUT2D eigenvalue weighted by molar-refractivity contribution is 5.85. The maximum absolute atomic E-state index is 6.11. The zero-order chi connectivity index (χ0) is 14.1. The van der Waals surface area contributed by atoms with Crippen molar-refractivity contribution in [1.82, 2.24) is 9.88 Å². The first-order valence-corrected chi connectivity index (χ1v) is 8.15. The highest BCUT2D eigenvalue weighted by Crippen LogP contribution is 2.34. The number of benzene rings is 1. The molecule has 2 aliphatic rings. The SMILES string of the molecule is c1cnc2c3c(ccc2c1)CN(C1CCCCCC1)CO3. The Kier molecular flexibility index (Phi) is 3.52. The number of fused-ring (bicyclic) bond motifs is 3. The lowest BCUT2D eigenvalue weighted by molar-refractivity contribution is 0.0504. The van der Waals surface area contributed by atoms with Crippen LogP contribution in [0.1, 0.15) is 44.1 Å². The van der Waals surface area contributed by atoms with Crippen molar-refractivity contribution < 1.29 is 4.74 Å². The van der Waals surface area contributed by atoms with Gasteiger partial charge in [-0.05, 0) is 18.9 Å². The maximum Gasteiger partial charge on any atom is 0.152 e. The third-order valence-electron chi connectivity index (χ3n) is 4.90. The average Bonchev–Trinajstić information content (AvgIpc) is 2.83. The van der Waals surface area contributed by atoms with Crippen LogP contribution >= 0.6 is 0 Å². The van der Waals surface area contributed by atoms with Crippen molar-refractivity contribution in [2.45, 2.75) is 51.1 Å². The van der Waals surface area contributed by atoms with Gasteiger partial charge in [-0.25, -0.2) is 0 Å². The fourth-order valence-electron chi connectivity index (χ4n) is 3.72. The Bertz CT molecular complexity index is 632. The van der Waals surface area contributed by atoms with Crippen molar-refractivity contribution >= 4 is 10.9 Å². The first-order valence-electron chi connectivity index (χ1n) is 8.15. The molecule has 0 saturated heterocycles. The number of ether oxygens (including phenoxy) is 1. The lowest BCUT2D eigenvalue weighted by Crippen LogP contribution is -2.40. The van der Waals surface area contributed by atoms with Gasteiger partial charge < -0.3 is 4.74 Å². The van der Waals surface area contributed by atoms with Crippen LogP contribution in [0.3, 0.4) is 0 Å². The van der Waals surface area contributed by atoms with Gasteiger partial charge in [0.05, 0.1) is 0 Å². The lowest BCUT2D eigenvalue weighted by Gasteiger charge is -2.35. The summed E-state index contributed by atoms with van der Waals surface area (Å²) in [6.07, 6.45) is 10.0. The Labute approximate surface area is 125 Å². The molecule has 110 valence electrons. The standard InChI is InChI=1S/C18H22N2O/c1-2-4-8-16(7-3-1)20-12-15-10-9-14-6-5-11-19-17(14)18(15)21-13-20/h5-6,9-11,16H,1-4,7-8,12-13H2. The zero-order valence-electron chi connectivity index (χ0n) is 12.4. The van der Waals surface area contributed by atoms with Gasteiger partial charge in [0.25, 0.3) is 0 Å². The summed E-state index contributed by atoms with van der Waals surface area (Å²) in [6.45, 7) is 1.72. The first-order chi connectivity index (χ1) is 10.4. The number of aromatic nitrogens is 1. The van der Waals surface area contributed by atoms with Gasteiger partial charge in [0.15, 0.2) is 5.75 Å². The Morgan fingerprint density at radius 1 is 1.05 bits per heavy atom. The number of nitrogens with zero attached hydrogens (tertiary/aromatic N) is 2. The fourth-order valence-corrected chi connectivity index (χ4v) is 3.72. The maximum atomic E-state index is 6.11. The van der Waals surface area contributed by atoms with E-state index in [9.17, 15) is 0 Å². The Balaban J connectivity index is 1.61. The third-order valence-corrected chi connectivity index (χ3v) is 4.90. The van der Waals surface area contributed by atoms with Crippen molar-refractivity contribution in [2.24, 2.45) is 0 Å². The molecule has 3 nitrogen and oxygen atoms in total. The highest BCUT2D eigenvalue weighted by atomic mass is 16.5. The topological polar surface area (TPSA) is 25.4 Å². The third kappa shape index (κ3) is 2.51. The van der Waals surface area contributed by atoms with Crippen LogP contribution in [-0.4, -0.2) is 22.7 Å². The molecule has 1 aromatic heterocycles. The minimum absolute atomic E-state index is 0.695. The monoisotopic (exact) mass is 282 g/mol. The lowest BCUT2D eigenvalue weighted by atomic mass is 10.0. The molecule has 3 heteroatoms. The molecule has 0 bridgehead atoms. The van der Waals surface area contributed by atoms with Gasteiger partial charge in [-0.2, -0.15) is 0 Å². The van der Waals surface area contributed by atoms with Crippen LogP contribution in [0.2, 0.25) is 0 Å². The second kappa shape index (κ2) is 5.64. The molecule has 2 heterocycles. The fraction of sp³-hybridized carbons (Fsp3) is 0.500. The van der Waals surface area contributed by atoms with E-state index >= 15 is 0 Å². The van der Waals surface area contributed by atoms with Crippen LogP contribution in [0.25, 0.3) is 10.9 Å². The van der Waals surface area contributed by atoms with Crippen LogP contribution in [-0.2, 0) is 6.54 Å². The molecule has 21 heavy (non-hydrogen) atoms. The van der Waals surface area contributed by atoms with Crippen LogP contribution in [0.4, 0.5) is 0 Å². The summed E-state index contributed by atoms with van der Waals surface area (Å²) in [6, 6.07) is 9.16. The van der Waals surface area contributed by atoms with Crippen LogP contribution in [0, 0.1) is 0 Å². The molecule has 4 rings (SSSR count). The molecule has 0 radical (unpaired) electrons. The van der Waals surface area contributed by atoms with E-state index < -0.39 is 0 Å². The molecule has 1 saturated carbocycles. The van der Waals surface area contributed by atoms with Crippen molar-refractivity contribution in [3.05, 3.63) is 36.0 Å². The van der Waals surface area contributed by atoms with Crippen LogP contribution < -0.4 is 4.74 Å². The van der Waals surface area contributed by atoms with E-state index in [4.69, 9.17) is 4.74 Å². The molecule has 0 N–H and O–H groups in total. The largest absolute Gasteiger partial charge is 0.475 e. The first kappa shape index (κ1) is 13.1. The summed E-state index contributed by atoms with van der Waals surface area (Å²) in [5.74, 6) is 0.998. The molecular formula is C18H22N2O. The molecule has 0 atom stereocenters. The minimum atomic E-state index is 0.695. The summed E-state index contributed by atoms with van der Waals surface area (Å²) in [5, 5.41) is 1.17. The highest BCUT2D eigenvalue weighted by Gasteiger charge is 2.26. The molecule has 1 aliphatic carbocycles. The van der Waals surface area contributed by atoms with Gasteiger partial charge in [0, 0.05) is 29.7 Å². The van der Waals surface area contributed by atoms with E-state index in [0.29, 0.717) is 12.8 Å². The Hall–Kier alpha value is -1.61. The zero-order valence-corrected chi connectivity index (χ0v) is 12.4. The van der Waals surface area contributed by atoms with Gasteiger partial charge in [-0.15, -0.1) is 0 Å². The van der Waals surface area contributed by atoms with Crippen LogP contribution in [0.15, 0.2) is 30.5 Å². The number of hydrogen-bond donors (Lipinski definition) is 0. The number of hydrogen-bond acceptors (Lipinski definition) is 3. The molecule has 0 unspecified atom stereocenters. The van der Waals surface area contributed by atoms with Gasteiger partial charge >= 0.3 is 0 Å². The number of pyridine rings is 1. The van der Waals surface area contributed by atoms with E-state index in [0.717, 1.165) is 17.8 Å². The predicted molar refractivity (Wildman–Crippen MR) is 84.3 cm³/mol. The summed E-state index contributed by atoms with van der Waals surface area (Å²) in [4.78, 5) is 7.02. The van der Waals surface area contributed by atoms with Gasteiger partial charge in [0.1, 0.15) is 12.2 Å². The Morgan fingerprint density at radius 3 is 2.76 bits per heavy atom. The van der Waals surface area contributed by atoms with E-state index in [1.807, 2.05) is 12.3 Å². The van der Waals surface area contributed by atoms with Gasteiger partial charge in [-0.3, -0.25) is 9.88 Å². The summed E-state index contributed by atoms with van der Waals surface area (Å²) in [7, 11) is 0. The van der Waals surface area contributed by atoms with E-state index in [-0.39, 0.29) is 0 Å². The molecule has 1 fully saturated rings. The van der Waals surface area contributed by atoms with Crippen molar-refractivity contribution in [3.63, 3.8) is 0 Å². The normalized spacial score (nSPS) is 20.8. The van der Waals surface area contributed by atoms with E-state index in [2.05, 4.69) is 28.1 Å². The average molecular weight is 282 g/mol. The molecular weight excluding hydrogens is 260 g/mol. The molecule has 0 amide bonds. The van der Waals surface area contributed by atoms with Crippen LogP contribution in [0.5, 0.6) is 5.75 Å².